The highest BCUT2D eigenvalue weighted by atomic mass is 35.5. The Morgan fingerprint density at radius 2 is 2.26 bits per heavy atom. The minimum atomic E-state index is -0.506. The van der Waals surface area contributed by atoms with Gasteiger partial charge in [0.15, 0.2) is 0 Å². The minimum Gasteiger partial charge on any atom is -0.366 e. The molecule has 1 amide bonds. The summed E-state index contributed by atoms with van der Waals surface area (Å²) < 4.78 is 1.61. The molecule has 19 heavy (non-hydrogen) atoms. The van der Waals surface area contributed by atoms with Crippen LogP contribution in [0, 0.1) is 0 Å². The lowest BCUT2D eigenvalue weighted by Crippen LogP contribution is -2.19. The number of rotatable bonds is 4. The summed E-state index contributed by atoms with van der Waals surface area (Å²) in [5.41, 5.74) is 13.2. The first-order valence-electron chi connectivity index (χ1n) is 5.86. The maximum Gasteiger partial charge on any atom is 0.251 e. The zero-order chi connectivity index (χ0) is 14.0. The molecule has 0 bridgehead atoms. The Balaban J connectivity index is 2.45. The van der Waals surface area contributed by atoms with E-state index in [0.717, 1.165) is 11.3 Å². The van der Waals surface area contributed by atoms with Gasteiger partial charge in [-0.05, 0) is 37.1 Å². The molecule has 0 saturated carbocycles. The molecule has 1 heterocycles. The normalized spacial score (nSPS) is 12.4. The van der Waals surface area contributed by atoms with Crippen LogP contribution in [-0.4, -0.2) is 21.7 Å². The van der Waals surface area contributed by atoms with Gasteiger partial charge >= 0.3 is 0 Å². The molecule has 2 aromatic rings. The van der Waals surface area contributed by atoms with E-state index in [1.807, 2.05) is 19.1 Å². The van der Waals surface area contributed by atoms with E-state index in [4.69, 9.17) is 23.1 Å². The number of hydrogen-bond acceptors (Lipinski definition) is 3. The van der Waals surface area contributed by atoms with Gasteiger partial charge in [-0.25, -0.2) is 4.68 Å². The van der Waals surface area contributed by atoms with Crippen LogP contribution in [0.5, 0.6) is 0 Å². The van der Waals surface area contributed by atoms with E-state index in [2.05, 4.69) is 5.10 Å². The number of amides is 1. The second-order valence-corrected chi connectivity index (χ2v) is 4.93. The van der Waals surface area contributed by atoms with Crippen LogP contribution in [0.4, 0.5) is 0 Å². The van der Waals surface area contributed by atoms with Crippen molar-refractivity contribution in [1.82, 2.24) is 9.78 Å². The number of carbonyl (C=O) groups is 1. The SMILES string of the molecule is CC(N)Cc1cc(Cl)ccc1-n1cc(C(N)=O)cn1. The predicted octanol–water partition coefficient (Wildman–Crippen LogP) is 1.51. The van der Waals surface area contributed by atoms with Gasteiger partial charge in [-0.2, -0.15) is 5.10 Å². The van der Waals surface area contributed by atoms with Crippen molar-refractivity contribution in [1.29, 1.82) is 0 Å². The molecule has 0 fully saturated rings. The van der Waals surface area contributed by atoms with E-state index in [1.54, 1.807) is 16.9 Å². The maximum absolute atomic E-state index is 11.1. The number of nitrogens with zero attached hydrogens (tertiary/aromatic N) is 2. The zero-order valence-corrected chi connectivity index (χ0v) is 11.3. The third-order valence-electron chi connectivity index (χ3n) is 2.70. The number of primary amides is 1. The predicted molar refractivity (Wildman–Crippen MR) is 74.4 cm³/mol. The Kier molecular flexibility index (Phi) is 3.87. The molecule has 5 nitrogen and oxygen atoms in total. The fourth-order valence-electron chi connectivity index (χ4n) is 1.87. The number of benzene rings is 1. The quantitative estimate of drug-likeness (QED) is 0.889. The summed E-state index contributed by atoms with van der Waals surface area (Å²) in [6.07, 6.45) is 3.70. The van der Waals surface area contributed by atoms with Crippen molar-refractivity contribution < 1.29 is 4.79 Å². The van der Waals surface area contributed by atoms with Crippen molar-refractivity contribution in [3.05, 3.63) is 46.7 Å². The maximum atomic E-state index is 11.1. The Morgan fingerprint density at radius 1 is 1.53 bits per heavy atom. The van der Waals surface area contributed by atoms with Gasteiger partial charge in [0.2, 0.25) is 0 Å². The number of carbonyl (C=O) groups excluding carboxylic acids is 1. The Hall–Kier alpha value is -1.85. The van der Waals surface area contributed by atoms with Gasteiger partial charge in [0, 0.05) is 17.3 Å². The summed E-state index contributed by atoms with van der Waals surface area (Å²) in [4.78, 5) is 11.1. The van der Waals surface area contributed by atoms with Crippen molar-refractivity contribution in [2.45, 2.75) is 19.4 Å². The molecular weight excluding hydrogens is 264 g/mol. The summed E-state index contributed by atoms with van der Waals surface area (Å²) >= 11 is 6.00. The first-order valence-corrected chi connectivity index (χ1v) is 6.24. The van der Waals surface area contributed by atoms with Gasteiger partial charge in [0.25, 0.3) is 5.91 Å². The second-order valence-electron chi connectivity index (χ2n) is 4.49. The topological polar surface area (TPSA) is 86.9 Å². The summed E-state index contributed by atoms with van der Waals surface area (Å²) in [6, 6.07) is 5.47. The molecule has 1 aromatic heterocycles. The van der Waals surface area contributed by atoms with Crippen molar-refractivity contribution in [3.8, 4) is 5.69 Å². The zero-order valence-electron chi connectivity index (χ0n) is 10.5. The fourth-order valence-corrected chi connectivity index (χ4v) is 2.06. The Labute approximate surface area is 116 Å². The fraction of sp³-hybridized carbons (Fsp3) is 0.231. The number of hydrogen-bond donors (Lipinski definition) is 2. The van der Waals surface area contributed by atoms with Crippen molar-refractivity contribution in [2.75, 3.05) is 0 Å². The molecule has 0 radical (unpaired) electrons. The third kappa shape index (κ3) is 3.13. The first-order chi connectivity index (χ1) is 8.97. The average molecular weight is 279 g/mol. The van der Waals surface area contributed by atoms with Crippen LogP contribution in [0.15, 0.2) is 30.6 Å². The lowest BCUT2D eigenvalue weighted by Gasteiger charge is -2.12. The van der Waals surface area contributed by atoms with Crippen LogP contribution in [0.25, 0.3) is 5.69 Å². The highest BCUT2D eigenvalue weighted by molar-refractivity contribution is 6.30. The van der Waals surface area contributed by atoms with E-state index in [-0.39, 0.29) is 6.04 Å². The average Bonchev–Trinajstić information content (AvgIpc) is 2.77. The van der Waals surface area contributed by atoms with E-state index in [9.17, 15) is 4.79 Å². The van der Waals surface area contributed by atoms with E-state index in [0.29, 0.717) is 17.0 Å². The standard InChI is InChI=1S/C13H15ClN4O/c1-8(15)4-9-5-11(14)2-3-12(9)18-7-10(6-17-18)13(16)19/h2-3,5-8H,4,15H2,1H3,(H2,16,19). The van der Waals surface area contributed by atoms with Gasteiger partial charge in [-0.15, -0.1) is 0 Å². The molecule has 1 unspecified atom stereocenters. The molecule has 0 saturated heterocycles. The van der Waals surface area contributed by atoms with Crippen LogP contribution >= 0.6 is 11.6 Å². The van der Waals surface area contributed by atoms with Gasteiger partial charge in [-0.3, -0.25) is 4.79 Å². The number of aromatic nitrogens is 2. The lowest BCUT2D eigenvalue weighted by molar-refractivity contribution is 0.100. The van der Waals surface area contributed by atoms with Crippen LogP contribution < -0.4 is 11.5 Å². The highest BCUT2D eigenvalue weighted by Gasteiger charge is 2.11. The molecule has 0 aliphatic rings. The lowest BCUT2D eigenvalue weighted by atomic mass is 10.1. The monoisotopic (exact) mass is 278 g/mol. The summed E-state index contributed by atoms with van der Waals surface area (Å²) in [7, 11) is 0. The molecule has 100 valence electrons. The summed E-state index contributed by atoms with van der Waals surface area (Å²) in [5, 5.41) is 4.78. The Bertz CT molecular complexity index is 606. The van der Waals surface area contributed by atoms with Gasteiger partial charge in [0.1, 0.15) is 0 Å². The minimum absolute atomic E-state index is 0.00314. The van der Waals surface area contributed by atoms with Gasteiger partial charge in [-0.1, -0.05) is 11.6 Å². The molecule has 1 atom stereocenters. The molecule has 2 rings (SSSR count). The van der Waals surface area contributed by atoms with E-state index >= 15 is 0 Å². The third-order valence-corrected chi connectivity index (χ3v) is 2.93. The van der Waals surface area contributed by atoms with Crippen LogP contribution in [0.3, 0.4) is 0 Å². The van der Waals surface area contributed by atoms with Crippen LogP contribution in [0.2, 0.25) is 5.02 Å². The van der Waals surface area contributed by atoms with Gasteiger partial charge < -0.3 is 11.5 Å². The molecule has 0 aliphatic carbocycles. The van der Waals surface area contributed by atoms with E-state index < -0.39 is 5.91 Å². The van der Waals surface area contributed by atoms with Crippen LogP contribution in [-0.2, 0) is 6.42 Å². The molecule has 4 N–H and O–H groups in total. The van der Waals surface area contributed by atoms with Gasteiger partial charge in [0.05, 0.1) is 17.4 Å². The largest absolute Gasteiger partial charge is 0.366 e. The number of nitrogens with two attached hydrogens (primary N) is 2. The molecule has 1 aromatic carbocycles. The Morgan fingerprint density at radius 3 is 2.84 bits per heavy atom. The molecule has 0 spiro atoms. The molecular formula is C13H15ClN4O. The molecule has 0 aliphatic heterocycles. The number of halogens is 1. The molecule has 6 heteroatoms. The summed E-state index contributed by atoms with van der Waals surface area (Å²) in [6.45, 7) is 1.92. The smallest absolute Gasteiger partial charge is 0.251 e. The summed E-state index contributed by atoms with van der Waals surface area (Å²) in [5.74, 6) is -0.506. The second kappa shape index (κ2) is 5.42. The van der Waals surface area contributed by atoms with Crippen molar-refractivity contribution in [3.63, 3.8) is 0 Å². The van der Waals surface area contributed by atoms with Crippen molar-refractivity contribution in [2.24, 2.45) is 11.5 Å². The van der Waals surface area contributed by atoms with Crippen molar-refractivity contribution >= 4 is 17.5 Å². The van der Waals surface area contributed by atoms with E-state index in [1.165, 1.54) is 6.20 Å². The van der Waals surface area contributed by atoms with Crippen LogP contribution in [0.1, 0.15) is 22.8 Å². The first kappa shape index (κ1) is 13.6. The highest BCUT2D eigenvalue weighted by Crippen LogP contribution is 2.21.